The molecule has 2 aromatic rings. The zero-order valence-corrected chi connectivity index (χ0v) is 16.5. The summed E-state index contributed by atoms with van der Waals surface area (Å²) in [6, 6.07) is 9.91. The Kier molecular flexibility index (Phi) is 4.76. The van der Waals surface area contributed by atoms with Gasteiger partial charge < -0.3 is 9.64 Å². The molecule has 3 atom stereocenters. The molecule has 2 bridgehead atoms. The van der Waals surface area contributed by atoms with Gasteiger partial charge in [0.2, 0.25) is 0 Å². The lowest BCUT2D eigenvalue weighted by molar-refractivity contribution is -0.157. The standard InChI is InChI=1S/C21H24N2O3S/c1-3-21(20(25)26-4-2)12-15-10-11-17(21)23(15)19(24)16-13-27-18(22-16)14-8-6-5-7-9-14/h5-9,13,15,17H,3-4,10-12H2,1-2H3/t15-,17+,21+/m1/s1. The van der Waals surface area contributed by atoms with Crippen LogP contribution in [0.4, 0.5) is 0 Å². The van der Waals surface area contributed by atoms with Crippen LogP contribution in [0, 0.1) is 5.41 Å². The second kappa shape index (κ2) is 7.08. The van der Waals surface area contributed by atoms with E-state index in [1.54, 1.807) is 0 Å². The molecular formula is C21H24N2O3S. The van der Waals surface area contributed by atoms with Gasteiger partial charge in [0.25, 0.3) is 5.91 Å². The third-order valence-corrected chi connectivity index (χ3v) is 6.92. The number of thiazole rings is 1. The van der Waals surface area contributed by atoms with Gasteiger partial charge >= 0.3 is 5.97 Å². The number of ether oxygens (including phenoxy) is 1. The van der Waals surface area contributed by atoms with Crippen LogP contribution in [0.15, 0.2) is 35.7 Å². The Labute approximate surface area is 163 Å². The summed E-state index contributed by atoms with van der Waals surface area (Å²) < 4.78 is 5.38. The van der Waals surface area contributed by atoms with Crippen LogP contribution in [0.5, 0.6) is 0 Å². The van der Waals surface area contributed by atoms with Crippen LogP contribution in [0.25, 0.3) is 10.6 Å². The molecule has 0 radical (unpaired) electrons. The third-order valence-electron chi connectivity index (χ3n) is 6.03. The smallest absolute Gasteiger partial charge is 0.314 e. The molecule has 0 N–H and O–H groups in total. The largest absolute Gasteiger partial charge is 0.466 e. The minimum Gasteiger partial charge on any atom is -0.466 e. The van der Waals surface area contributed by atoms with Crippen molar-refractivity contribution in [1.82, 2.24) is 9.88 Å². The Morgan fingerprint density at radius 3 is 2.74 bits per heavy atom. The van der Waals surface area contributed by atoms with Gasteiger partial charge in [0.05, 0.1) is 12.0 Å². The summed E-state index contributed by atoms with van der Waals surface area (Å²) in [6.45, 7) is 4.23. The Morgan fingerprint density at radius 1 is 1.26 bits per heavy atom. The van der Waals surface area contributed by atoms with Crippen LogP contribution in [-0.4, -0.2) is 40.5 Å². The predicted octanol–water partition coefficient (Wildman–Crippen LogP) is 4.15. The number of aromatic nitrogens is 1. The first-order chi connectivity index (χ1) is 13.1. The maximum Gasteiger partial charge on any atom is 0.314 e. The number of benzene rings is 1. The molecule has 142 valence electrons. The predicted molar refractivity (Wildman–Crippen MR) is 105 cm³/mol. The van der Waals surface area contributed by atoms with Crippen molar-refractivity contribution >= 4 is 23.2 Å². The molecule has 0 aliphatic carbocycles. The van der Waals surface area contributed by atoms with E-state index in [2.05, 4.69) is 4.98 Å². The lowest BCUT2D eigenvalue weighted by Crippen LogP contribution is -2.45. The van der Waals surface area contributed by atoms with E-state index >= 15 is 0 Å². The van der Waals surface area contributed by atoms with Gasteiger partial charge in [-0.05, 0) is 32.6 Å². The molecule has 4 rings (SSSR count). The zero-order valence-electron chi connectivity index (χ0n) is 15.7. The minimum atomic E-state index is -0.563. The molecule has 1 aromatic heterocycles. The van der Waals surface area contributed by atoms with Gasteiger partial charge in [0, 0.05) is 23.0 Å². The van der Waals surface area contributed by atoms with Crippen LogP contribution in [0.3, 0.4) is 0 Å². The van der Waals surface area contributed by atoms with E-state index in [1.807, 2.05) is 54.5 Å². The maximum atomic E-state index is 13.3. The van der Waals surface area contributed by atoms with Crippen molar-refractivity contribution in [1.29, 1.82) is 0 Å². The number of hydrogen-bond acceptors (Lipinski definition) is 5. The summed E-state index contributed by atoms with van der Waals surface area (Å²) in [6.07, 6.45) is 3.21. The quantitative estimate of drug-likeness (QED) is 0.727. The van der Waals surface area contributed by atoms with Gasteiger partial charge in [0.15, 0.2) is 0 Å². The van der Waals surface area contributed by atoms with Gasteiger partial charge in [-0.25, -0.2) is 4.98 Å². The highest BCUT2D eigenvalue weighted by molar-refractivity contribution is 7.13. The van der Waals surface area contributed by atoms with E-state index in [0.29, 0.717) is 25.1 Å². The van der Waals surface area contributed by atoms with E-state index in [4.69, 9.17) is 4.74 Å². The first kappa shape index (κ1) is 18.2. The lowest BCUT2D eigenvalue weighted by atomic mass is 9.72. The summed E-state index contributed by atoms with van der Waals surface area (Å²) in [7, 11) is 0. The normalized spacial score (nSPS) is 26.4. The van der Waals surface area contributed by atoms with Crippen LogP contribution in [0.2, 0.25) is 0 Å². The molecule has 1 aromatic carbocycles. The fourth-order valence-electron chi connectivity index (χ4n) is 4.73. The summed E-state index contributed by atoms with van der Waals surface area (Å²) in [4.78, 5) is 32.5. The highest BCUT2D eigenvalue weighted by Crippen LogP contribution is 2.52. The second-order valence-corrected chi connectivity index (χ2v) is 8.16. The lowest BCUT2D eigenvalue weighted by Gasteiger charge is -2.33. The van der Waals surface area contributed by atoms with E-state index in [1.165, 1.54) is 11.3 Å². The van der Waals surface area contributed by atoms with Gasteiger partial charge in [-0.15, -0.1) is 11.3 Å². The molecule has 2 aliphatic rings. The van der Waals surface area contributed by atoms with Crippen molar-refractivity contribution in [3.8, 4) is 10.6 Å². The molecule has 1 amide bonds. The maximum absolute atomic E-state index is 13.3. The van der Waals surface area contributed by atoms with Crippen molar-refractivity contribution in [2.75, 3.05) is 6.61 Å². The Balaban J connectivity index is 1.60. The van der Waals surface area contributed by atoms with Gasteiger partial charge in [-0.1, -0.05) is 37.3 Å². The van der Waals surface area contributed by atoms with Crippen LogP contribution in [0.1, 0.15) is 50.0 Å². The van der Waals surface area contributed by atoms with E-state index in [9.17, 15) is 9.59 Å². The van der Waals surface area contributed by atoms with Gasteiger partial charge in [-0.2, -0.15) is 0 Å². The number of carbonyl (C=O) groups excluding carboxylic acids is 2. The molecule has 2 saturated heterocycles. The number of fused-ring (bicyclic) bond motifs is 2. The minimum absolute atomic E-state index is 0.0550. The van der Waals surface area contributed by atoms with E-state index in [-0.39, 0.29) is 24.0 Å². The van der Waals surface area contributed by atoms with Crippen molar-refractivity contribution < 1.29 is 14.3 Å². The highest BCUT2D eigenvalue weighted by Gasteiger charge is 2.61. The highest BCUT2D eigenvalue weighted by atomic mass is 32.1. The summed E-state index contributed by atoms with van der Waals surface area (Å²) in [5, 5.41) is 2.68. The molecule has 0 saturated carbocycles. The summed E-state index contributed by atoms with van der Waals surface area (Å²) in [5.41, 5.74) is 0.930. The number of esters is 1. The van der Waals surface area contributed by atoms with Crippen LogP contribution < -0.4 is 0 Å². The molecule has 27 heavy (non-hydrogen) atoms. The Hall–Kier alpha value is -2.21. The van der Waals surface area contributed by atoms with Gasteiger partial charge in [0.1, 0.15) is 10.7 Å². The number of amides is 1. The fourth-order valence-corrected chi connectivity index (χ4v) is 5.53. The molecule has 5 nitrogen and oxygen atoms in total. The van der Waals surface area contributed by atoms with Crippen LogP contribution >= 0.6 is 11.3 Å². The van der Waals surface area contributed by atoms with Crippen molar-refractivity contribution in [2.24, 2.45) is 5.41 Å². The number of rotatable bonds is 5. The first-order valence-electron chi connectivity index (χ1n) is 9.61. The molecule has 2 aliphatic heterocycles. The molecule has 3 heterocycles. The molecule has 6 heteroatoms. The van der Waals surface area contributed by atoms with Crippen molar-refractivity contribution in [2.45, 2.75) is 51.6 Å². The number of carbonyl (C=O) groups is 2. The monoisotopic (exact) mass is 384 g/mol. The van der Waals surface area contributed by atoms with Crippen molar-refractivity contribution in [3.63, 3.8) is 0 Å². The van der Waals surface area contributed by atoms with Crippen molar-refractivity contribution in [3.05, 3.63) is 41.4 Å². The van der Waals surface area contributed by atoms with Gasteiger partial charge in [-0.3, -0.25) is 9.59 Å². The Bertz CT molecular complexity index is 850. The first-order valence-corrected chi connectivity index (χ1v) is 10.5. The average molecular weight is 385 g/mol. The average Bonchev–Trinajstić information content (AvgIpc) is 3.42. The van der Waals surface area contributed by atoms with Crippen LogP contribution in [-0.2, 0) is 9.53 Å². The van der Waals surface area contributed by atoms with E-state index in [0.717, 1.165) is 23.4 Å². The molecule has 2 fully saturated rings. The SMILES string of the molecule is CCOC(=O)[C@@]1(CC)C[C@H]2CC[C@@H]1N2C(=O)c1csc(-c2ccccc2)n1. The third kappa shape index (κ3) is 2.87. The topological polar surface area (TPSA) is 59.5 Å². The Morgan fingerprint density at radius 2 is 2.04 bits per heavy atom. The number of nitrogens with zero attached hydrogens (tertiary/aromatic N) is 2. The zero-order chi connectivity index (χ0) is 19.0. The molecule has 0 unspecified atom stereocenters. The summed E-state index contributed by atoms with van der Waals surface area (Å²) in [5.74, 6) is -0.207. The number of hydrogen-bond donors (Lipinski definition) is 0. The molecule has 0 spiro atoms. The fraction of sp³-hybridized carbons (Fsp3) is 0.476. The summed E-state index contributed by atoms with van der Waals surface area (Å²) >= 11 is 1.48. The second-order valence-electron chi connectivity index (χ2n) is 7.30. The van der Waals surface area contributed by atoms with E-state index < -0.39 is 5.41 Å². The molecular weight excluding hydrogens is 360 g/mol.